The van der Waals surface area contributed by atoms with Crippen LogP contribution in [-0.4, -0.2) is 26.4 Å². The molecule has 2 aliphatic rings. The lowest BCUT2D eigenvalue weighted by atomic mass is 10.1. The van der Waals surface area contributed by atoms with E-state index >= 15 is 0 Å². The molecular weight excluding hydrogens is 230 g/mol. The maximum atomic E-state index is 5.62. The SMILES string of the molecule is COc1cc(CN[C@@H]2C[C@H]2C)cc2c1OCCO2. The molecule has 1 aromatic carbocycles. The maximum Gasteiger partial charge on any atom is 0.203 e. The predicted molar refractivity (Wildman–Crippen MR) is 68.4 cm³/mol. The molecule has 0 amide bonds. The number of hydrogen-bond acceptors (Lipinski definition) is 4. The van der Waals surface area contributed by atoms with Crippen molar-refractivity contribution in [3.63, 3.8) is 0 Å². The second-order valence-electron chi connectivity index (χ2n) is 5.02. The van der Waals surface area contributed by atoms with Gasteiger partial charge in [0.2, 0.25) is 5.75 Å². The number of nitrogens with one attached hydrogen (secondary N) is 1. The minimum Gasteiger partial charge on any atom is -0.493 e. The Morgan fingerprint density at radius 2 is 2.11 bits per heavy atom. The van der Waals surface area contributed by atoms with Crippen molar-refractivity contribution in [1.29, 1.82) is 0 Å². The molecule has 1 N–H and O–H groups in total. The highest BCUT2D eigenvalue weighted by molar-refractivity contribution is 5.54. The highest BCUT2D eigenvalue weighted by atomic mass is 16.6. The molecule has 0 unspecified atom stereocenters. The zero-order valence-corrected chi connectivity index (χ0v) is 10.9. The molecule has 0 aromatic heterocycles. The van der Waals surface area contributed by atoms with Crippen molar-refractivity contribution < 1.29 is 14.2 Å². The largest absolute Gasteiger partial charge is 0.493 e. The minimum atomic E-state index is 0.584. The quantitative estimate of drug-likeness (QED) is 0.885. The average Bonchev–Trinajstić information content (AvgIpc) is 3.11. The van der Waals surface area contributed by atoms with Gasteiger partial charge in [0.1, 0.15) is 13.2 Å². The lowest BCUT2D eigenvalue weighted by molar-refractivity contribution is 0.165. The molecule has 1 aliphatic heterocycles. The highest BCUT2D eigenvalue weighted by Crippen LogP contribution is 2.40. The summed E-state index contributed by atoms with van der Waals surface area (Å²) in [5.74, 6) is 3.09. The van der Waals surface area contributed by atoms with Crippen LogP contribution in [0.15, 0.2) is 12.1 Å². The fourth-order valence-corrected chi connectivity index (χ4v) is 2.28. The van der Waals surface area contributed by atoms with Crippen molar-refractivity contribution >= 4 is 0 Å². The lowest BCUT2D eigenvalue weighted by Gasteiger charge is -2.21. The Morgan fingerprint density at radius 1 is 1.33 bits per heavy atom. The Kier molecular flexibility index (Phi) is 3.04. The number of fused-ring (bicyclic) bond motifs is 1. The molecule has 0 radical (unpaired) electrons. The first-order chi connectivity index (χ1) is 8.78. The minimum absolute atomic E-state index is 0.584. The fraction of sp³-hybridized carbons (Fsp3) is 0.571. The van der Waals surface area contributed by atoms with Gasteiger partial charge in [-0.3, -0.25) is 0 Å². The molecule has 1 heterocycles. The first-order valence-electron chi connectivity index (χ1n) is 6.48. The molecule has 0 bridgehead atoms. The Balaban J connectivity index is 1.77. The van der Waals surface area contributed by atoms with Gasteiger partial charge in [0.25, 0.3) is 0 Å². The van der Waals surface area contributed by atoms with Crippen LogP contribution in [0.2, 0.25) is 0 Å². The second-order valence-corrected chi connectivity index (χ2v) is 5.02. The van der Waals surface area contributed by atoms with Crippen LogP contribution in [0.5, 0.6) is 17.2 Å². The Labute approximate surface area is 107 Å². The van der Waals surface area contributed by atoms with Gasteiger partial charge in [-0.05, 0) is 30.0 Å². The molecule has 1 aliphatic carbocycles. The van der Waals surface area contributed by atoms with Crippen molar-refractivity contribution in [1.82, 2.24) is 5.32 Å². The van der Waals surface area contributed by atoms with E-state index < -0.39 is 0 Å². The Hall–Kier alpha value is -1.42. The van der Waals surface area contributed by atoms with Gasteiger partial charge in [-0.15, -0.1) is 0 Å². The van der Waals surface area contributed by atoms with Crippen molar-refractivity contribution in [3.05, 3.63) is 17.7 Å². The van der Waals surface area contributed by atoms with Gasteiger partial charge >= 0.3 is 0 Å². The van der Waals surface area contributed by atoms with E-state index in [1.54, 1.807) is 7.11 Å². The number of benzene rings is 1. The Morgan fingerprint density at radius 3 is 2.83 bits per heavy atom. The first-order valence-corrected chi connectivity index (χ1v) is 6.48. The van der Waals surface area contributed by atoms with Gasteiger partial charge in [-0.1, -0.05) is 6.92 Å². The molecule has 3 rings (SSSR count). The zero-order valence-electron chi connectivity index (χ0n) is 10.9. The standard InChI is InChI=1S/C14H19NO3/c1-9-5-11(9)15-8-10-6-12(16-2)14-13(7-10)17-3-4-18-14/h6-7,9,11,15H,3-5,8H2,1-2H3/t9-,11-/m1/s1. The van der Waals surface area contributed by atoms with E-state index in [4.69, 9.17) is 14.2 Å². The van der Waals surface area contributed by atoms with Crippen LogP contribution in [0.3, 0.4) is 0 Å². The van der Waals surface area contributed by atoms with Crippen molar-refractivity contribution in [2.75, 3.05) is 20.3 Å². The molecular formula is C14H19NO3. The normalized spacial score (nSPS) is 24.8. The molecule has 4 nitrogen and oxygen atoms in total. The fourth-order valence-electron chi connectivity index (χ4n) is 2.28. The van der Waals surface area contributed by atoms with Gasteiger partial charge in [-0.2, -0.15) is 0 Å². The predicted octanol–water partition coefficient (Wildman–Crippen LogP) is 1.96. The van der Waals surface area contributed by atoms with Crippen LogP contribution in [0.25, 0.3) is 0 Å². The summed E-state index contributed by atoms with van der Waals surface area (Å²) in [5.41, 5.74) is 1.18. The lowest BCUT2D eigenvalue weighted by Crippen LogP contribution is -2.19. The van der Waals surface area contributed by atoms with Gasteiger partial charge in [0, 0.05) is 12.6 Å². The third-order valence-corrected chi connectivity index (χ3v) is 3.57. The van der Waals surface area contributed by atoms with Gasteiger partial charge in [-0.25, -0.2) is 0 Å². The number of methoxy groups -OCH3 is 1. The number of ether oxygens (including phenoxy) is 3. The van der Waals surface area contributed by atoms with E-state index in [9.17, 15) is 0 Å². The van der Waals surface area contributed by atoms with Crippen LogP contribution in [0.1, 0.15) is 18.9 Å². The summed E-state index contributed by atoms with van der Waals surface area (Å²) in [6.45, 7) is 4.30. The summed E-state index contributed by atoms with van der Waals surface area (Å²) in [6.07, 6.45) is 1.28. The third-order valence-electron chi connectivity index (χ3n) is 3.57. The summed E-state index contributed by atoms with van der Waals surface area (Å²) < 4.78 is 16.6. The molecule has 1 aromatic rings. The summed E-state index contributed by atoms with van der Waals surface area (Å²) in [7, 11) is 1.66. The molecule has 1 saturated carbocycles. The Bertz CT molecular complexity index is 430. The second kappa shape index (κ2) is 4.69. The van der Waals surface area contributed by atoms with Gasteiger partial charge in [0.15, 0.2) is 11.5 Å². The highest BCUT2D eigenvalue weighted by Gasteiger charge is 2.31. The summed E-state index contributed by atoms with van der Waals surface area (Å²) in [4.78, 5) is 0. The maximum absolute atomic E-state index is 5.62. The van der Waals surface area contributed by atoms with Gasteiger partial charge < -0.3 is 19.5 Å². The smallest absolute Gasteiger partial charge is 0.203 e. The van der Waals surface area contributed by atoms with Gasteiger partial charge in [0.05, 0.1) is 7.11 Å². The van der Waals surface area contributed by atoms with Crippen LogP contribution < -0.4 is 19.5 Å². The molecule has 0 spiro atoms. The summed E-state index contributed by atoms with van der Waals surface area (Å²) in [5, 5.41) is 3.53. The van der Waals surface area contributed by atoms with E-state index in [0.717, 1.165) is 29.7 Å². The topological polar surface area (TPSA) is 39.7 Å². The number of rotatable bonds is 4. The van der Waals surface area contributed by atoms with Crippen molar-refractivity contribution in [2.24, 2.45) is 5.92 Å². The molecule has 2 atom stereocenters. The van der Waals surface area contributed by atoms with Crippen LogP contribution in [-0.2, 0) is 6.54 Å². The first kappa shape index (κ1) is 11.7. The molecule has 98 valence electrons. The molecule has 4 heteroatoms. The zero-order chi connectivity index (χ0) is 12.5. The van der Waals surface area contributed by atoms with E-state index in [-0.39, 0.29) is 0 Å². The monoisotopic (exact) mass is 249 g/mol. The molecule has 1 fully saturated rings. The van der Waals surface area contributed by atoms with E-state index in [1.165, 1.54) is 12.0 Å². The van der Waals surface area contributed by atoms with Crippen LogP contribution in [0.4, 0.5) is 0 Å². The summed E-state index contributed by atoms with van der Waals surface area (Å²) in [6, 6.07) is 4.73. The van der Waals surface area contributed by atoms with E-state index in [0.29, 0.717) is 19.3 Å². The van der Waals surface area contributed by atoms with Crippen molar-refractivity contribution in [2.45, 2.75) is 25.9 Å². The third kappa shape index (κ3) is 2.25. The molecule has 0 saturated heterocycles. The van der Waals surface area contributed by atoms with Crippen LogP contribution in [0, 0.1) is 5.92 Å². The van der Waals surface area contributed by atoms with E-state index in [2.05, 4.69) is 12.2 Å². The summed E-state index contributed by atoms with van der Waals surface area (Å²) >= 11 is 0. The van der Waals surface area contributed by atoms with Crippen molar-refractivity contribution in [3.8, 4) is 17.2 Å². The van der Waals surface area contributed by atoms with E-state index in [1.807, 2.05) is 12.1 Å². The average molecular weight is 249 g/mol. The molecule has 18 heavy (non-hydrogen) atoms. The number of hydrogen-bond donors (Lipinski definition) is 1. The van der Waals surface area contributed by atoms with Crippen LogP contribution >= 0.6 is 0 Å².